The molecule has 1 aromatic carbocycles. The highest BCUT2D eigenvalue weighted by Gasteiger charge is 2.15. The standard InChI is InChI=1S/C10H14NO3P/c1-14-10(12)8-5-4-7(6-9(8)11)15(2,3)13/h4-6H,11H2,1-3H3. The molecule has 0 aliphatic heterocycles. The molecule has 0 spiro atoms. The van der Waals surface area contributed by atoms with Crippen LogP contribution in [0.1, 0.15) is 10.4 Å². The van der Waals surface area contributed by atoms with Crippen LogP contribution in [-0.2, 0) is 9.30 Å². The van der Waals surface area contributed by atoms with Crippen molar-refractivity contribution < 1.29 is 14.1 Å². The number of carbonyl (C=O) groups is 1. The number of methoxy groups -OCH3 is 1. The quantitative estimate of drug-likeness (QED) is 0.469. The summed E-state index contributed by atoms with van der Waals surface area (Å²) in [6, 6.07) is 4.74. The third-order valence-electron chi connectivity index (χ3n) is 2.06. The van der Waals surface area contributed by atoms with Gasteiger partial charge >= 0.3 is 5.97 Å². The molecule has 0 aromatic heterocycles. The molecule has 0 saturated carbocycles. The van der Waals surface area contributed by atoms with E-state index in [2.05, 4.69) is 4.74 Å². The van der Waals surface area contributed by atoms with Gasteiger partial charge in [0.05, 0.1) is 12.7 Å². The van der Waals surface area contributed by atoms with E-state index < -0.39 is 13.1 Å². The lowest BCUT2D eigenvalue weighted by Gasteiger charge is -2.09. The van der Waals surface area contributed by atoms with E-state index in [1.165, 1.54) is 13.2 Å². The Balaban J connectivity index is 3.20. The van der Waals surface area contributed by atoms with Gasteiger partial charge in [0.15, 0.2) is 0 Å². The minimum Gasteiger partial charge on any atom is -0.465 e. The Labute approximate surface area is 88.8 Å². The fourth-order valence-corrected chi connectivity index (χ4v) is 2.06. The van der Waals surface area contributed by atoms with E-state index in [1.807, 2.05) is 0 Å². The fourth-order valence-electron chi connectivity index (χ4n) is 1.18. The maximum absolute atomic E-state index is 11.7. The molecule has 0 heterocycles. The van der Waals surface area contributed by atoms with Crippen LogP contribution in [0.2, 0.25) is 0 Å². The van der Waals surface area contributed by atoms with Crippen molar-refractivity contribution in [2.75, 3.05) is 26.2 Å². The number of nitrogen functional groups attached to an aromatic ring is 1. The Morgan fingerprint density at radius 2 is 2.00 bits per heavy atom. The molecule has 15 heavy (non-hydrogen) atoms. The Hall–Kier alpha value is -1.28. The van der Waals surface area contributed by atoms with Gasteiger partial charge in [-0.2, -0.15) is 0 Å². The number of hydrogen-bond acceptors (Lipinski definition) is 4. The lowest BCUT2D eigenvalue weighted by atomic mass is 10.2. The van der Waals surface area contributed by atoms with E-state index in [1.54, 1.807) is 25.5 Å². The second-order valence-electron chi connectivity index (χ2n) is 3.61. The lowest BCUT2D eigenvalue weighted by molar-refractivity contribution is 0.0602. The van der Waals surface area contributed by atoms with Crippen LogP contribution in [0.4, 0.5) is 5.69 Å². The van der Waals surface area contributed by atoms with Crippen LogP contribution >= 0.6 is 7.14 Å². The third kappa shape index (κ3) is 2.60. The van der Waals surface area contributed by atoms with Gasteiger partial charge in [-0.1, -0.05) is 6.07 Å². The minimum absolute atomic E-state index is 0.295. The van der Waals surface area contributed by atoms with Gasteiger partial charge in [-0.15, -0.1) is 0 Å². The number of benzene rings is 1. The van der Waals surface area contributed by atoms with Crippen LogP contribution in [0.5, 0.6) is 0 Å². The molecule has 0 saturated heterocycles. The summed E-state index contributed by atoms with van der Waals surface area (Å²) in [5, 5.41) is 0.660. The van der Waals surface area contributed by atoms with E-state index >= 15 is 0 Å². The van der Waals surface area contributed by atoms with Crippen molar-refractivity contribution in [2.24, 2.45) is 0 Å². The average Bonchev–Trinajstić information content (AvgIpc) is 2.15. The molecule has 82 valence electrons. The Morgan fingerprint density at radius 1 is 1.40 bits per heavy atom. The summed E-state index contributed by atoms with van der Waals surface area (Å²) in [6.45, 7) is 3.30. The number of anilines is 1. The van der Waals surface area contributed by atoms with Crippen LogP contribution in [0.3, 0.4) is 0 Å². The van der Waals surface area contributed by atoms with Gasteiger partial charge in [0.25, 0.3) is 0 Å². The van der Waals surface area contributed by atoms with Gasteiger partial charge in [0.1, 0.15) is 7.14 Å². The van der Waals surface area contributed by atoms with Gasteiger partial charge in [-0.3, -0.25) is 0 Å². The molecule has 0 radical (unpaired) electrons. The van der Waals surface area contributed by atoms with E-state index in [9.17, 15) is 9.36 Å². The number of rotatable bonds is 2. The van der Waals surface area contributed by atoms with Gasteiger partial charge < -0.3 is 15.0 Å². The van der Waals surface area contributed by atoms with Gasteiger partial charge in [-0.05, 0) is 25.5 Å². The smallest absolute Gasteiger partial charge is 0.339 e. The molecule has 4 nitrogen and oxygen atoms in total. The third-order valence-corrected chi connectivity index (χ3v) is 3.58. The molecule has 0 fully saturated rings. The zero-order valence-electron chi connectivity index (χ0n) is 8.98. The summed E-state index contributed by atoms with van der Waals surface area (Å²) in [5.74, 6) is -0.485. The van der Waals surface area contributed by atoms with Gasteiger partial charge in [0, 0.05) is 11.0 Å². The van der Waals surface area contributed by atoms with Crippen molar-refractivity contribution in [3.05, 3.63) is 23.8 Å². The molecule has 1 rings (SSSR count). The summed E-state index contributed by atoms with van der Waals surface area (Å²) in [7, 11) is -1.04. The highest BCUT2D eigenvalue weighted by Crippen LogP contribution is 2.35. The topological polar surface area (TPSA) is 69.4 Å². The summed E-state index contributed by atoms with van der Waals surface area (Å²) in [5.41, 5.74) is 6.27. The summed E-state index contributed by atoms with van der Waals surface area (Å²) in [4.78, 5) is 11.2. The molecule has 0 atom stereocenters. The first-order valence-corrected chi connectivity index (χ1v) is 7.00. The van der Waals surface area contributed by atoms with Crippen molar-refractivity contribution in [1.82, 2.24) is 0 Å². The van der Waals surface area contributed by atoms with E-state index in [0.717, 1.165) is 0 Å². The fraction of sp³-hybridized carbons (Fsp3) is 0.300. The SMILES string of the molecule is COC(=O)c1ccc(P(C)(C)=O)cc1N. The predicted octanol–water partition coefficient (Wildman–Crippen LogP) is 1.30. The van der Waals surface area contributed by atoms with Crippen molar-refractivity contribution in [1.29, 1.82) is 0 Å². The molecule has 2 N–H and O–H groups in total. The van der Waals surface area contributed by atoms with Crippen LogP contribution < -0.4 is 11.0 Å². The molecule has 0 amide bonds. The van der Waals surface area contributed by atoms with Gasteiger partial charge in [0.2, 0.25) is 0 Å². The number of esters is 1. The summed E-state index contributed by atoms with van der Waals surface area (Å²) in [6.07, 6.45) is 0. The van der Waals surface area contributed by atoms with Crippen molar-refractivity contribution in [3.63, 3.8) is 0 Å². The Morgan fingerprint density at radius 3 is 2.40 bits per heavy atom. The Bertz CT molecular complexity index is 436. The zero-order valence-corrected chi connectivity index (χ0v) is 9.88. The van der Waals surface area contributed by atoms with E-state index in [4.69, 9.17) is 5.73 Å². The largest absolute Gasteiger partial charge is 0.465 e. The molecule has 0 aliphatic carbocycles. The van der Waals surface area contributed by atoms with E-state index in [0.29, 0.717) is 16.6 Å². The number of carbonyl (C=O) groups excluding carboxylic acids is 1. The monoisotopic (exact) mass is 227 g/mol. The van der Waals surface area contributed by atoms with Crippen LogP contribution in [-0.4, -0.2) is 26.4 Å². The van der Waals surface area contributed by atoms with Crippen molar-refractivity contribution in [2.45, 2.75) is 0 Å². The van der Waals surface area contributed by atoms with Crippen LogP contribution in [0.15, 0.2) is 18.2 Å². The van der Waals surface area contributed by atoms with Crippen LogP contribution in [0, 0.1) is 0 Å². The number of hydrogen-bond donors (Lipinski definition) is 1. The maximum Gasteiger partial charge on any atom is 0.339 e. The number of ether oxygens (including phenoxy) is 1. The molecule has 5 heteroatoms. The lowest BCUT2D eigenvalue weighted by Crippen LogP contribution is -2.10. The normalized spacial score (nSPS) is 11.1. The summed E-state index contributed by atoms with van der Waals surface area (Å²) < 4.78 is 16.3. The number of nitrogens with two attached hydrogens (primary N) is 1. The highest BCUT2D eigenvalue weighted by molar-refractivity contribution is 7.70. The molecule has 0 aliphatic rings. The first-order chi connectivity index (χ1) is 6.86. The average molecular weight is 227 g/mol. The Kier molecular flexibility index (Phi) is 3.20. The second kappa shape index (κ2) is 4.07. The van der Waals surface area contributed by atoms with Crippen LogP contribution in [0.25, 0.3) is 0 Å². The van der Waals surface area contributed by atoms with E-state index in [-0.39, 0.29) is 0 Å². The molecule has 0 bridgehead atoms. The molecular formula is C10H14NO3P. The van der Waals surface area contributed by atoms with Crippen molar-refractivity contribution in [3.8, 4) is 0 Å². The van der Waals surface area contributed by atoms with Crippen molar-refractivity contribution >= 4 is 24.1 Å². The molecular weight excluding hydrogens is 213 g/mol. The highest BCUT2D eigenvalue weighted by atomic mass is 31.2. The minimum atomic E-state index is -2.34. The molecule has 0 unspecified atom stereocenters. The maximum atomic E-state index is 11.7. The predicted molar refractivity (Wildman–Crippen MR) is 61.3 cm³/mol. The van der Waals surface area contributed by atoms with Gasteiger partial charge in [-0.25, -0.2) is 4.79 Å². The first-order valence-electron chi connectivity index (χ1n) is 4.39. The zero-order chi connectivity index (χ0) is 11.6. The first kappa shape index (κ1) is 11.8. The molecule has 1 aromatic rings. The summed E-state index contributed by atoms with van der Waals surface area (Å²) >= 11 is 0. The second-order valence-corrected chi connectivity index (χ2v) is 6.83.